The summed E-state index contributed by atoms with van der Waals surface area (Å²) < 4.78 is 0. The fourth-order valence-electron chi connectivity index (χ4n) is 1.48. The zero-order chi connectivity index (χ0) is 14.6. The summed E-state index contributed by atoms with van der Waals surface area (Å²) in [7, 11) is 1.74. The molecule has 0 radical (unpaired) electrons. The monoisotopic (exact) mass is 285 g/mol. The number of aryl methyl sites for hydroxylation is 1. The third-order valence-corrected chi connectivity index (χ3v) is 4.14. The van der Waals surface area contributed by atoms with E-state index in [0.717, 1.165) is 17.8 Å². The highest BCUT2D eigenvalue weighted by atomic mass is 32.1. The van der Waals surface area contributed by atoms with E-state index in [1.165, 1.54) is 0 Å². The van der Waals surface area contributed by atoms with Crippen LogP contribution in [0.1, 0.15) is 40.6 Å². The molecule has 0 bridgehead atoms. The van der Waals surface area contributed by atoms with Gasteiger partial charge in [0.1, 0.15) is 9.88 Å². The van der Waals surface area contributed by atoms with Gasteiger partial charge < -0.3 is 15.3 Å². The molecule has 0 spiro atoms. The van der Waals surface area contributed by atoms with Crippen LogP contribution in [0.4, 0.5) is 4.79 Å². The highest BCUT2D eigenvalue weighted by molar-refractivity contribution is 7.13. The van der Waals surface area contributed by atoms with Crippen LogP contribution in [0.3, 0.4) is 0 Å². The molecule has 0 aliphatic carbocycles. The maximum Gasteiger partial charge on any atom is 0.347 e. The van der Waals surface area contributed by atoms with Crippen LogP contribution in [-0.4, -0.2) is 40.1 Å². The number of nitrogens with zero attached hydrogens (tertiary/aromatic N) is 2. The Labute approximate surface area is 116 Å². The second-order valence-corrected chi connectivity index (χ2v) is 5.44. The number of aromatic carboxylic acids is 1. The fourth-order valence-corrected chi connectivity index (χ4v) is 2.32. The summed E-state index contributed by atoms with van der Waals surface area (Å²) in [4.78, 5) is 28.7. The van der Waals surface area contributed by atoms with E-state index in [1.54, 1.807) is 18.9 Å². The first-order chi connectivity index (χ1) is 8.86. The molecule has 0 aromatic carbocycles. The van der Waals surface area contributed by atoms with Gasteiger partial charge in [-0.3, -0.25) is 0 Å². The molecule has 1 aromatic rings. The van der Waals surface area contributed by atoms with Gasteiger partial charge in [-0.1, -0.05) is 6.92 Å². The minimum atomic E-state index is -0.982. The molecule has 7 heteroatoms. The third kappa shape index (κ3) is 3.92. The van der Waals surface area contributed by atoms with Gasteiger partial charge >= 0.3 is 12.0 Å². The molecular weight excluding hydrogens is 266 g/mol. The van der Waals surface area contributed by atoms with E-state index in [0.29, 0.717) is 10.7 Å². The van der Waals surface area contributed by atoms with Crippen molar-refractivity contribution in [3.8, 4) is 0 Å². The van der Waals surface area contributed by atoms with Gasteiger partial charge in [-0.05, 0) is 20.3 Å². The molecule has 2 N–H and O–H groups in total. The van der Waals surface area contributed by atoms with Gasteiger partial charge in [0.25, 0.3) is 0 Å². The number of rotatable bonds is 5. The van der Waals surface area contributed by atoms with Crippen LogP contribution in [0.25, 0.3) is 0 Å². The number of carbonyl (C=O) groups excluding carboxylic acids is 1. The van der Waals surface area contributed by atoms with Crippen LogP contribution in [0.5, 0.6) is 0 Å². The molecule has 106 valence electrons. The summed E-state index contributed by atoms with van der Waals surface area (Å²) in [6, 6.07) is -0.0216. The summed E-state index contributed by atoms with van der Waals surface area (Å²) in [5.41, 5.74) is 0.483. The first kappa shape index (κ1) is 15.4. The normalized spacial score (nSPS) is 12.0. The van der Waals surface area contributed by atoms with Gasteiger partial charge in [-0.25, -0.2) is 14.6 Å². The molecule has 0 saturated heterocycles. The minimum Gasteiger partial charge on any atom is -0.477 e. The number of carboxylic acid groups (broad SMARTS) is 1. The maximum atomic E-state index is 11.8. The summed E-state index contributed by atoms with van der Waals surface area (Å²) in [6.45, 7) is 5.88. The molecule has 0 aliphatic rings. The Morgan fingerprint density at radius 1 is 1.53 bits per heavy atom. The number of carboxylic acids is 1. The average molecular weight is 285 g/mol. The SMILES string of the molecule is CCC(C)N(C)C(=O)NCc1nc(C)c(C(=O)O)s1. The molecule has 1 unspecified atom stereocenters. The first-order valence-corrected chi connectivity index (χ1v) is 6.88. The molecule has 6 nitrogen and oxygen atoms in total. The zero-order valence-electron chi connectivity index (χ0n) is 11.6. The molecule has 1 rings (SSSR count). The van der Waals surface area contributed by atoms with Gasteiger partial charge in [-0.15, -0.1) is 11.3 Å². The predicted octanol–water partition coefficient (Wildman–Crippen LogP) is 2.09. The molecule has 19 heavy (non-hydrogen) atoms. The van der Waals surface area contributed by atoms with Crippen molar-refractivity contribution in [2.45, 2.75) is 39.8 Å². The number of thiazole rings is 1. The number of aromatic nitrogens is 1. The van der Waals surface area contributed by atoms with Crippen molar-refractivity contribution in [3.05, 3.63) is 15.6 Å². The number of hydrogen-bond acceptors (Lipinski definition) is 4. The molecule has 0 aliphatic heterocycles. The summed E-state index contributed by atoms with van der Waals surface area (Å²) in [6.07, 6.45) is 0.878. The van der Waals surface area contributed by atoms with Gasteiger partial charge in [0, 0.05) is 13.1 Å². The lowest BCUT2D eigenvalue weighted by atomic mass is 10.2. The first-order valence-electron chi connectivity index (χ1n) is 6.07. The van der Waals surface area contributed by atoms with Crippen LogP contribution in [0, 0.1) is 6.92 Å². The molecule has 0 saturated carbocycles. The van der Waals surface area contributed by atoms with E-state index in [4.69, 9.17) is 5.11 Å². The van der Waals surface area contributed by atoms with Crippen LogP contribution in [0.15, 0.2) is 0 Å². The lowest BCUT2D eigenvalue weighted by molar-refractivity contribution is 0.0701. The van der Waals surface area contributed by atoms with Crippen molar-refractivity contribution < 1.29 is 14.7 Å². The smallest absolute Gasteiger partial charge is 0.347 e. The van der Waals surface area contributed by atoms with E-state index in [2.05, 4.69) is 10.3 Å². The molecule has 0 fully saturated rings. The topological polar surface area (TPSA) is 82.5 Å². The second kappa shape index (κ2) is 6.51. The summed E-state index contributed by atoms with van der Waals surface area (Å²) in [5.74, 6) is -0.982. The van der Waals surface area contributed by atoms with Gasteiger partial charge in [0.2, 0.25) is 0 Å². The number of hydrogen-bond donors (Lipinski definition) is 2. The van der Waals surface area contributed by atoms with E-state index in [9.17, 15) is 9.59 Å². The van der Waals surface area contributed by atoms with Crippen molar-refractivity contribution in [3.63, 3.8) is 0 Å². The molecule has 1 aromatic heterocycles. The maximum absolute atomic E-state index is 11.8. The number of urea groups is 1. The summed E-state index contributed by atoms with van der Waals surface area (Å²) in [5, 5.41) is 12.3. The van der Waals surface area contributed by atoms with Crippen molar-refractivity contribution in [2.75, 3.05) is 7.05 Å². The average Bonchev–Trinajstić information content (AvgIpc) is 2.75. The minimum absolute atomic E-state index is 0.160. The number of carbonyl (C=O) groups is 2. The highest BCUT2D eigenvalue weighted by Crippen LogP contribution is 2.17. The Hall–Kier alpha value is -1.63. The quantitative estimate of drug-likeness (QED) is 0.867. The molecule has 1 heterocycles. The Bertz CT molecular complexity index is 473. The Morgan fingerprint density at radius 3 is 2.63 bits per heavy atom. The van der Waals surface area contributed by atoms with E-state index >= 15 is 0 Å². The van der Waals surface area contributed by atoms with Gasteiger partial charge in [-0.2, -0.15) is 0 Å². The van der Waals surface area contributed by atoms with E-state index in [-0.39, 0.29) is 23.5 Å². The molecule has 1 atom stereocenters. The lowest BCUT2D eigenvalue weighted by Gasteiger charge is -2.23. The van der Waals surface area contributed by atoms with Crippen molar-refractivity contribution in [1.82, 2.24) is 15.2 Å². The van der Waals surface area contributed by atoms with Gasteiger partial charge in [0.05, 0.1) is 12.2 Å². The highest BCUT2D eigenvalue weighted by Gasteiger charge is 2.16. The van der Waals surface area contributed by atoms with Crippen LogP contribution < -0.4 is 5.32 Å². The van der Waals surface area contributed by atoms with Crippen molar-refractivity contribution in [2.24, 2.45) is 0 Å². The van der Waals surface area contributed by atoms with E-state index < -0.39 is 5.97 Å². The molecular formula is C12H19N3O3S. The Morgan fingerprint density at radius 2 is 2.16 bits per heavy atom. The van der Waals surface area contributed by atoms with Crippen LogP contribution >= 0.6 is 11.3 Å². The number of nitrogens with one attached hydrogen (secondary N) is 1. The predicted molar refractivity (Wildman–Crippen MR) is 73.6 cm³/mol. The van der Waals surface area contributed by atoms with Crippen molar-refractivity contribution >= 4 is 23.3 Å². The molecule has 2 amide bonds. The van der Waals surface area contributed by atoms with Crippen LogP contribution in [-0.2, 0) is 6.54 Å². The zero-order valence-corrected chi connectivity index (χ0v) is 12.4. The standard InChI is InChI=1S/C12H19N3O3S/c1-5-7(2)15(4)12(18)13-6-9-14-8(3)10(19-9)11(16)17/h7H,5-6H2,1-4H3,(H,13,18)(H,16,17). The third-order valence-electron chi connectivity index (χ3n) is 3.00. The largest absolute Gasteiger partial charge is 0.477 e. The fraction of sp³-hybridized carbons (Fsp3) is 0.583. The Kier molecular flexibility index (Phi) is 5.29. The number of amides is 2. The Balaban J connectivity index is 2.60. The van der Waals surface area contributed by atoms with E-state index in [1.807, 2.05) is 13.8 Å². The van der Waals surface area contributed by atoms with Crippen LogP contribution in [0.2, 0.25) is 0 Å². The second-order valence-electron chi connectivity index (χ2n) is 4.35. The van der Waals surface area contributed by atoms with Crippen molar-refractivity contribution in [1.29, 1.82) is 0 Å². The van der Waals surface area contributed by atoms with Gasteiger partial charge in [0.15, 0.2) is 0 Å². The lowest BCUT2D eigenvalue weighted by Crippen LogP contribution is -2.41. The summed E-state index contributed by atoms with van der Waals surface area (Å²) >= 11 is 1.09.